The zero-order valence-electron chi connectivity index (χ0n) is 14.9. The molecule has 1 aromatic heterocycles. The van der Waals surface area contributed by atoms with Gasteiger partial charge in [0.2, 0.25) is 6.79 Å². The van der Waals surface area contributed by atoms with Crippen LogP contribution in [0.15, 0.2) is 53.1 Å². The van der Waals surface area contributed by atoms with Crippen molar-refractivity contribution in [2.45, 2.75) is 18.9 Å². The number of hydrogen-bond donors (Lipinski definition) is 0. The molecule has 3 heterocycles. The lowest BCUT2D eigenvalue weighted by Crippen LogP contribution is -2.31. The molecule has 0 radical (unpaired) electrons. The van der Waals surface area contributed by atoms with E-state index in [0.717, 1.165) is 18.4 Å². The Balaban J connectivity index is 1.41. The van der Waals surface area contributed by atoms with Gasteiger partial charge in [-0.25, -0.2) is 4.39 Å². The molecule has 28 heavy (non-hydrogen) atoms. The Bertz CT molecular complexity index is 1050. The van der Waals surface area contributed by atoms with Crippen LogP contribution in [0.4, 0.5) is 4.39 Å². The van der Waals surface area contributed by atoms with Crippen molar-refractivity contribution in [1.29, 1.82) is 0 Å². The number of benzene rings is 2. The average molecular weight is 380 g/mol. The number of amides is 1. The molecule has 0 aliphatic carbocycles. The first kappa shape index (κ1) is 16.8. The smallest absolute Gasteiger partial charge is 0.276 e. The fraction of sp³-hybridized carbons (Fsp3) is 0.238. The second-order valence-electron chi connectivity index (χ2n) is 6.82. The lowest BCUT2D eigenvalue weighted by molar-refractivity contribution is 0.0723. The van der Waals surface area contributed by atoms with E-state index in [1.54, 1.807) is 41.3 Å². The van der Waals surface area contributed by atoms with Gasteiger partial charge in [0.05, 0.1) is 6.04 Å². The van der Waals surface area contributed by atoms with E-state index in [9.17, 15) is 9.18 Å². The Morgan fingerprint density at radius 1 is 1.11 bits per heavy atom. The molecule has 2 aliphatic heterocycles. The second-order valence-corrected chi connectivity index (χ2v) is 6.82. The highest BCUT2D eigenvalue weighted by atomic mass is 19.1. The first-order chi connectivity index (χ1) is 13.7. The number of halogens is 1. The van der Waals surface area contributed by atoms with Crippen LogP contribution in [0.3, 0.4) is 0 Å². The number of rotatable bonds is 3. The quantitative estimate of drug-likeness (QED) is 0.682. The van der Waals surface area contributed by atoms with E-state index >= 15 is 0 Å². The van der Waals surface area contributed by atoms with Gasteiger partial charge in [-0.05, 0) is 37.1 Å². The predicted octanol–water partition coefficient (Wildman–Crippen LogP) is 4.19. The number of aromatic nitrogens is 1. The first-order valence-electron chi connectivity index (χ1n) is 9.13. The summed E-state index contributed by atoms with van der Waals surface area (Å²) in [5, 5.41) is 3.95. The van der Waals surface area contributed by atoms with Crippen LogP contribution in [0.2, 0.25) is 0 Å². The van der Waals surface area contributed by atoms with Crippen LogP contribution < -0.4 is 9.47 Å². The van der Waals surface area contributed by atoms with Crippen LogP contribution in [0.25, 0.3) is 11.3 Å². The van der Waals surface area contributed by atoms with Crippen molar-refractivity contribution in [3.05, 3.63) is 65.6 Å². The number of likely N-dealkylation sites (tertiary alicyclic amines) is 1. The van der Waals surface area contributed by atoms with Crippen molar-refractivity contribution in [2.24, 2.45) is 0 Å². The highest BCUT2D eigenvalue weighted by Crippen LogP contribution is 2.37. The summed E-state index contributed by atoms with van der Waals surface area (Å²) in [5.41, 5.74) is 1.48. The summed E-state index contributed by atoms with van der Waals surface area (Å²) in [6, 6.07) is 13.3. The summed E-state index contributed by atoms with van der Waals surface area (Å²) in [6.45, 7) is 0.745. The average Bonchev–Trinajstić information content (AvgIpc) is 3.47. The van der Waals surface area contributed by atoms with Crippen LogP contribution >= 0.6 is 0 Å². The number of carbonyl (C=O) groups excluding carboxylic acids is 1. The van der Waals surface area contributed by atoms with Crippen LogP contribution in [-0.2, 0) is 0 Å². The third kappa shape index (κ3) is 2.79. The number of hydrogen-bond acceptors (Lipinski definition) is 5. The minimum absolute atomic E-state index is 0.186. The Kier molecular flexibility index (Phi) is 4.00. The molecule has 1 unspecified atom stereocenters. The molecule has 1 atom stereocenters. The molecular weight excluding hydrogens is 363 g/mol. The van der Waals surface area contributed by atoms with Gasteiger partial charge in [0, 0.05) is 23.7 Å². The highest BCUT2D eigenvalue weighted by molar-refractivity contribution is 5.93. The molecule has 3 aromatic rings. The fourth-order valence-corrected chi connectivity index (χ4v) is 3.79. The molecule has 0 saturated carbocycles. The molecule has 6 nitrogen and oxygen atoms in total. The van der Waals surface area contributed by atoms with Gasteiger partial charge in [-0.3, -0.25) is 4.79 Å². The zero-order chi connectivity index (χ0) is 19.1. The van der Waals surface area contributed by atoms with E-state index < -0.39 is 0 Å². The van der Waals surface area contributed by atoms with Gasteiger partial charge in [0.1, 0.15) is 5.82 Å². The van der Waals surface area contributed by atoms with E-state index in [4.69, 9.17) is 14.0 Å². The molecule has 0 N–H and O–H groups in total. The molecule has 5 rings (SSSR count). The van der Waals surface area contributed by atoms with Gasteiger partial charge in [-0.1, -0.05) is 23.4 Å². The summed E-state index contributed by atoms with van der Waals surface area (Å²) in [6.07, 6.45) is 1.54. The maximum atomic E-state index is 14.2. The standard InChI is InChI=1S/C21H17FN2O4/c22-15-5-2-1-4-14(15)17-6-3-9-24(17)21(25)16-11-19(28-23-16)13-7-8-18-20(10-13)27-12-26-18/h1-2,4-5,7-8,10-11,17H,3,6,9,12H2. The molecular formula is C21H17FN2O4. The molecule has 2 aromatic carbocycles. The topological polar surface area (TPSA) is 64.8 Å². The SMILES string of the molecule is O=C(c1cc(-c2ccc3c(c2)OCO3)on1)N1CCCC1c1ccccc1F. The molecule has 1 amide bonds. The van der Waals surface area contributed by atoms with Gasteiger partial charge < -0.3 is 18.9 Å². The van der Waals surface area contributed by atoms with Crippen molar-refractivity contribution < 1.29 is 23.2 Å². The zero-order valence-corrected chi connectivity index (χ0v) is 14.9. The maximum Gasteiger partial charge on any atom is 0.276 e. The number of ether oxygens (including phenoxy) is 2. The first-order valence-corrected chi connectivity index (χ1v) is 9.13. The third-order valence-electron chi connectivity index (χ3n) is 5.16. The van der Waals surface area contributed by atoms with Crippen molar-refractivity contribution >= 4 is 5.91 Å². The van der Waals surface area contributed by atoms with E-state index in [-0.39, 0.29) is 30.3 Å². The second kappa shape index (κ2) is 6.67. The Morgan fingerprint density at radius 3 is 2.86 bits per heavy atom. The minimum atomic E-state index is -0.298. The predicted molar refractivity (Wildman–Crippen MR) is 97.5 cm³/mol. The molecule has 1 fully saturated rings. The molecule has 0 spiro atoms. The Morgan fingerprint density at radius 2 is 1.96 bits per heavy atom. The fourth-order valence-electron chi connectivity index (χ4n) is 3.79. The summed E-state index contributed by atoms with van der Waals surface area (Å²) in [4.78, 5) is 14.7. The number of nitrogens with zero attached hydrogens (tertiary/aromatic N) is 2. The largest absolute Gasteiger partial charge is 0.454 e. The maximum absolute atomic E-state index is 14.2. The van der Waals surface area contributed by atoms with Crippen molar-refractivity contribution in [3.8, 4) is 22.8 Å². The van der Waals surface area contributed by atoms with Crippen molar-refractivity contribution in [3.63, 3.8) is 0 Å². The van der Waals surface area contributed by atoms with E-state index in [1.807, 2.05) is 6.07 Å². The molecule has 2 aliphatic rings. The van der Waals surface area contributed by atoms with Crippen molar-refractivity contribution in [1.82, 2.24) is 10.1 Å². The summed E-state index contributed by atoms with van der Waals surface area (Å²) in [7, 11) is 0. The minimum Gasteiger partial charge on any atom is -0.454 e. The normalized spacial score (nSPS) is 17.9. The molecule has 142 valence electrons. The van der Waals surface area contributed by atoms with Gasteiger partial charge in [0.25, 0.3) is 5.91 Å². The van der Waals surface area contributed by atoms with E-state index in [0.29, 0.717) is 29.4 Å². The van der Waals surface area contributed by atoms with Crippen LogP contribution in [0.5, 0.6) is 11.5 Å². The van der Waals surface area contributed by atoms with Crippen molar-refractivity contribution in [2.75, 3.05) is 13.3 Å². The Hall–Kier alpha value is -3.35. The Labute approximate surface area is 160 Å². The van der Waals surface area contributed by atoms with Gasteiger partial charge in [0.15, 0.2) is 23.0 Å². The highest BCUT2D eigenvalue weighted by Gasteiger charge is 2.33. The summed E-state index contributed by atoms with van der Waals surface area (Å²) >= 11 is 0. The number of carbonyl (C=O) groups is 1. The summed E-state index contributed by atoms with van der Waals surface area (Å²) < 4.78 is 30.3. The molecule has 7 heteroatoms. The lowest BCUT2D eigenvalue weighted by atomic mass is 10.0. The van der Waals surface area contributed by atoms with Crippen LogP contribution in [0, 0.1) is 5.82 Å². The summed E-state index contributed by atoms with van der Waals surface area (Å²) in [5.74, 6) is 1.20. The number of fused-ring (bicyclic) bond motifs is 1. The third-order valence-corrected chi connectivity index (χ3v) is 5.16. The molecule has 0 bridgehead atoms. The van der Waals surface area contributed by atoms with E-state index in [2.05, 4.69) is 5.16 Å². The lowest BCUT2D eigenvalue weighted by Gasteiger charge is -2.24. The van der Waals surface area contributed by atoms with Gasteiger partial charge in [-0.2, -0.15) is 0 Å². The van der Waals surface area contributed by atoms with Gasteiger partial charge in [-0.15, -0.1) is 0 Å². The van der Waals surface area contributed by atoms with Crippen LogP contribution in [-0.4, -0.2) is 29.3 Å². The van der Waals surface area contributed by atoms with E-state index in [1.165, 1.54) is 6.07 Å². The molecule has 1 saturated heterocycles. The monoisotopic (exact) mass is 380 g/mol. The van der Waals surface area contributed by atoms with Gasteiger partial charge >= 0.3 is 0 Å². The van der Waals surface area contributed by atoms with Crippen LogP contribution in [0.1, 0.15) is 34.9 Å².